The first-order valence-corrected chi connectivity index (χ1v) is 7.21. The zero-order valence-electron chi connectivity index (χ0n) is 12.2. The maximum atomic E-state index is 12.0. The summed E-state index contributed by atoms with van der Waals surface area (Å²) in [4.78, 5) is 25.8. The Labute approximate surface area is 120 Å². The number of carbonyl (C=O) groups is 2. The molecular formula is C16H22N2O2. The largest absolute Gasteiger partial charge is 0.352 e. The van der Waals surface area contributed by atoms with Gasteiger partial charge < -0.3 is 10.2 Å². The van der Waals surface area contributed by atoms with Crippen molar-refractivity contribution in [2.24, 2.45) is 0 Å². The second-order valence-corrected chi connectivity index (χ2v) is 5.41. The van der Waals surface area contributed by atoms with Crippen molar-refractivity contribution in [3.8, 4) is 0 Å². The third kappa shape index (κ3) is 3.59. The lowest BCUT2D eigenvalue weighted by atomic mass is 10.1. The van der Waals surface area contributed by atoms with Gasteiger partial charge in [-0.2, -0.15) is 0 Å². The first kappa shape index (κ1) is 14.6. The maximum absolute atomic E-state index is 12.0. The molecule has 0 unspecified atom stereocenters. The molecule has 0 aromatic heterocycles. The zero-order valence-corrected chi connectivity index (χ0v) is 12.2. The minimum atomic E-state index is -0.100. The van der Waals surface area contributed by atoms with Crippen molar-refractivity contribution in [3.63, 3.8) is 0 Å². The van der Waals surface area contributed by atoms with Crippen LogP contribution in [0.4, 0.5) is 0 Å². The highest BCUT2D eigenvalue weighted by Gasteiger charge is 2.17. The lowest BCUT2D eigenvalue weighted by molar-refractivity contribution is -0.129. The molecule has 1 aliphatic rings. The number of carbonyl (C=O) groups excluding carboxylic acids is 2. The van der Waals surface area contributed by atoms with Gasteiger partial charge in [-0.1, -0.05) is 17.7 Å². The molecule has 1 heterocycles. The second kappa shape index (κ2) is 6.55. The van der Waals surface area contributed by atoms with Crippen molar-refractivity contribution in [1.82, 2.24) is 10.2 Å². The van der Waals surface area contributed by atoms with Crippen molar-refractivity contribution in [3.05, 3.63) is 34.9 Å². The van der Waals surface area contributed by atoms with E-state index in [-0.39, 0.29) is 11.8 Å². The highest BCUT2D eigenvalue weighted by molar-refractivity contribution is 5.95. The van der Waals surface area contributed by atoms with Crippen LogP contribution in [0.15, 0.2) is 18.2 Å². The fourth-order valence-corrected chi connectivity index (χ4v) is 2.57. The molecule has 0 aliphatic carbocycles. The molecule has 1 aliphatic heterocycles. The molecule has 4 heteroatoms. The SMILES string of the molecule is Cc1ccc(C(=O)NCCC(=O)N2CCCC2)c(C)c1. The van der Waals surface area contributed by atoms with Crippen molar-refractivity contribution in [1.29, 1.82) is 0 Å². The molecule has 1 N–H and O–H groups in total. The van der Waals surface area contributed by atoms with Crippen LogP contribution in [0.5, 0.6) is 0 Å². The fourth-order valence-electron chi connectivity index (χ4n) is 2.57. The molecule has 1 saturated heterocycles. The normalized spacial score (nSPS) is 14.4. The van der Waals surface area contributed by atoms with Gasteiger partial charge >= 0.3 is 0 Å². The molecule has 0 radical (unpaired) electrons. The number of nitrogens with zero attached hydrogens (tertiary/aromatic N) is 1. The molecule has 20 heavy (non-hydrogen) atoms. The molecule has 0 spiro atoms. The van der Waals surface area contributed by atoms with Gasteiger partial charge in [-0.25, -0.2) is 0 Å². The molecule has 4 nitrogen and oxygen atoms in total. The van der Waals surface area contributed by atoms with E-state index in [1.165, 1.54) is 0 Å². The molecule has 1 aromatic rings. The molecule has 0 atom stereocenters. The summed E-state index contributed by atoms with van der Waals surface area (Å²) < 4.78 is 0. The van der Waals surface area contributed by atoms with Crippen LogP contribution in [0.2, 0.25) is 0 Å². The third-order valence-corrected chi connectivity index (χ3v) is 3.71. The van der Waals surface area contributed by atoms with Gasteiger partial charge in [-0.05, 0) is 38.3 Å². The summed E-state index contributed by atoms with van der Waals surface area (Å²) in [6.07, 6.45) is 2.58. The lowest BCUT2D eigenvalue weighted by Crippen LogP contribution is -2.32. The van der Waals surface area contributed by atoms with E-state index < -0.39 is 0 Å². The predicted molar refractivity (Wildman–Crippen MR) is 78.7 cm³/mol. The lowest BCUT2D eigenvalue weighted by Gasteiger charge is -2.15. The smallest absolute Gasteiger partial charge is 0.251 e. The number of nitrogens with one attached hydrogen (secondary N) is 1. The van der Waals surface area contributed by atoms with E-state index in [1.54, 1.807) is 0 Å². The summed E-state index contributed by atoms with van der Waals surface area (Å²) in [7, 11) is 0. The van der Waals surface area contributed by atoms with Gasteiger partial charge in [0.2, 0.25) is 5.91 Å². The second-order valence-electron chi connectivity index (χ2n) is 5.41. The Hall–Kier alpha value is -1.84. The van der Waals surface area contributed by atoms with Crippen LogP contribution in [0, 0.1) is 13.8 Å². The highest BCUT2D eigenvalue weighted by Crippen LogP contribution is 2.11. The van der Waals surface area contributed by atoms with Gasteiger partial charge in [0.15, 0.2) is 0 Å². The Morgan fingerprint density at radius 2 is 1.90 bits per heavy atom. The molecule has 1 fully saturated rings. The van der Waals surface area contributed by atoms with Gasteiger partial charge in [0.25, 0.3) is 5.91 Å². The molecule has 2 amide bonds. The first-order chi connectivity index (χ1) is 9.58. The zero-order chi connectivity index (χ0) is 14.5. The summed E-state index contributed by atoms with van der Waals surface area (Å²) in [5, 5.41) is 2.83. The van der Waals surface area contributed by atoms with E-state index in [9.17, 15) is 9.59 Å². The monoisotopic (exact) mass is 274 g/mol. The molecule has 1 aromatic carbocycles. The van der Waals surface area contributed by atoms with Gasteiger partial charge in [0.1, 0.15) is 0 Å². The summed E-state index contributed by atoms with van der Waals surface area (Å²) in [6.45, 7) is 6.07. The third-order valence-electron chi connectivity index (χ3n) is 3.71. The average molecular weight is 274 g/mol. The molecule has 0 bridgehead atoms. The minimum Gasteiger partial charge on any atom is -0.352 e. The average Bonchev–Trinajstić information content (AvgIpc) is 2.92. The van der Waals surface area contributed by atoms with E-state index in [0.29, 0.717) is 18.5 Å². The molecular weight excluding hydrogens is 252 g/mol. The van der Waals surface area contributed by atoms with Crippen molar-refractivity contribution in [2.75, 3.05) is 19.6 Å². The van der Waals surface area contributed by atoms with Crippen LogP contribution in [0.1, 0.15) is 40.7 Å². The maximum Gasteiger partial charge on any atom is 0.251 e. The van der Waals surface area contributed by atoms with Crippen LogP contribution in [-0.4, -0.2) is 36.3 Å². The number of rotatable bonds is 4. The number of aryl methyl sites for hydroxylation is 2. The van der Waals surface area contributed by atoms with Gasteiger partial charge in [-0.15, -0.1) is 0 Å². The number of likely N-dealkylation sites (tertiary alicyclic amines) is 1. The number of hydrogen-bond donors (Lipinski definition) is 1. The predicted octanol–water partition coefficient (Wildman–Crippen LogP) is 2.05. The number of hydrogen-bond acceptors (Lipinski definition) is 2. The van der Waals surface area contributed by atoms with Crippen molar-refractivity contribution in [2.45, 2.75) is 33.1 Å². The van der Waals surface area contributed by atoms with E-state index in [0.717, 1.165) is 37.1 Å². The van der Waals surface area contributed by atoms with E-state index >= 15 is 0 Å². The quantitative estimate of drug-likeness (QED) is 0.913. The molecule has 108 valence electrons. The van der Waals surface area contributed by atoms with Gasteiger partial charge in [-0.3, -0.25) is 9.59 Å². The first-order valence-electron chi connectivity index (χ1n) is 7.21. The Kier molecular flexibility index (Phi) is 4.77. The fraction of sp³-hybridized carbons (Fsp3) is 0.500. The molecule has 0 saturated carbocycles. The molecule has 2 rings (SSSR count). The van der Waals surface area contributed by atoms with Crippen LogP contribution in [0.25, 0.3) is 0 Å². The highest BCUT2D eigenvalue weighted by atomic mass is 16.2. The van der Waals surface area contributed by atoms with Gasteiger partial charge in [0, 0.05) is 31.6 Å². The van der Waals surface area contributed by atoms with Crippen LogP contribution in [0.3, 0.4) is 0 Å². The summed E-state index contributed by atoms with van der Waals surface area (Å²) in [5.74, 6) is 0.0418. The van der Waals surface area contributed by atoms with E-state index in [2.05, 4.69) is 5.32 Å². The van der Waals surface area contributed by atoms with Crippen LogP contribution < -0.4 is 5.32 Å². The van der Waals surface area contributed by atoms with Crippen molar-refractivity contribution >= 4 is 11.8 Å². The van der Waals surface area contributed by atoms with Crippen molar-refractivity contribution < 1.29 is 9.59 Å². The summed E-state index contributed by atoms with van der Waals surface area (Å²) >= 11 is 0. The van der Waals surface area contributed by atoms with E-state index in [1.807, 2.05) is 36.9 Å². The Balaban J connectivity index is 1.81. The Bertz CT molecular complexity index is 505. The van der Waals surface area contributed by atoms with E-state index in [4.69, 9.17) is 0 Å². The standard InChI is InChI=1S/C16H22N2O2/c1-12-5-6-14(13(2)11-12)16(20)17-8-7-15(19)18-9-3-4-10-18/h5-6,11H,3-4,7-10H2,1-2H3,(H,17,20). The summed E-state index contributed by atoms with van der Waals surface area (Å²) in [6, 6.07) is 5.75. The van der Waals surface area contributed by atoms with Crippen LogP contribution in [-0.2, 0) is 4.79 Å². The topological polar surface area (TPSA) is 49.4 Å². The Morgan fingerprint density at radius 3 is 2.55 bits per heavy atom. The number of benzene rings is 1. The Morgan fingerprint density at radius 1 is 1.20 bits per heavy atom. The summed E-state index contributed by atoms with van der Waals surface area (Å²) in [5.41, 5.74) is 2.79. The minimum absolute atomic E-state index is 0.100. The van der Waals surface area contributed by atoms with Gasteiger partial charge in [0.05, 0.1) is 0 Å². The number of amides is 2. The van der Waals surface area contributed by atoms with Crippen LogP contribution >= 0.6 is 0 Å².